The molecule has 0 aliphatic carbocycles. The summed E-state index contributed by atoms with van der Waals surface area (Å²) in [4.78, 5) is 44.6. The van der Waals surface area contributed by atoms with Crippen molar-refractivity contribution in [2.24, 2.45) is 11.8 Å². The molecule has 0 saturated carbocycles. The molecule has 0 radical (unpaired) electrons. The van der Waals surface area contributed by atoms with Gasteiger partial charge in [0.15, 0.2) is 11.5 Å². The minimum absolute atomic E-state index is 0.140. The molecule has 8 heteroatoms. The Labute approximate surface area is 185 Å². The van der Waals surface area contributed by atoms with Gasteiger partial charge in [0.25, 0.3) is 0 Å². The molecular weight excluding hydrogens is 410 g/mol. The summed E-state index contributed by atoms with van der Waals surface area (Å²) in [5.41, 5.74) is 0.785. The van der Waals surface area contributed by atoms with Crippen LogP contribution in [0, 0.1) is 11.8 Å². The maximum Gasteiger partial charge on any atom is 0.250 e. The highest BCUT2D eigenvalue weighted by atomic mass is 16.5. The zero-order valence-electron chi connectivity index (χ0n) is 17.8. The number of carbonyl (C=O) groups excluding carboxylic acids is 3. The Morgan fingerprint density at radius 1 is 1.00 bits per heavy atom. The van der Waals surface area contributed by atoms with Crippen molar-refractivity contribution in [2.45, 2.75) is 24.4 Å². The van der Waals surface area contributed by atoms with Gasteiger partial charge in [-0.2, -0.15) is 0 Å². The minimum Gasteiger partial charge on any atom is -0.493 e. The normalized spacial score (nSPS) is 30.5. The predicted octanol–water partition coefficient (Wildman–Crippen LogP) is 2.13. The lowest BCUT2D eigenvalue weighted by molar-refractivity contribution is -0.135. The van der Waals surface area contributed by atoms with Gasteiger partial charge in [0.2, 0.25) is 17.7 Å². The van der Waals surface area contributed by atoms with Gasteiger partial charge in [-0.1, -0.05) is 18.2 Å². The molecule has 8 nitrogen and oxygen atoms in total. The SMILES string of the molecule is COc1ccc(N2C(=O)C3C4CCCN4C4(C(=O)Nc5ccccc54)C3C2=O)cc1OC. The summed E-state index contributed by atoms with van der Waals surface area (Å²) in [5, 5.41) is 2.98. The number of anilines is 2. The Hall–Kier alpha value is -3.39. The molecule has 3 amide bonds. The second kappa shape index (κ2) is 6.56. The zero-order valence-corrected chi connectivity index (χ0v) is 17.8. The fraction of sp³-hybridized carbons (Fsp3) is 0.375. The van der Waals surface area contributed by atoms with Crippen LogP contribution < -0.4 is 19.7 Å². The van der Waals surface area contributed by atoms with Crippen LogP contribution in [0.15, 0.2) is 42.5 Å². The molecule has 3 fully saturated rings. The van der Waals surface area contributed by atoms with Gasteiger partial charge in [-0.05, 0) is 37.6 Å². The summed E-state index contributed by atoms with van der Waals surface area (Å²) in [7, 11) is 3.04. The molecule has 0 bridgehead atoms. The average molecular weight is 433 g/mol. The number of nitrogens with zero attached hydrogens (tertiary/aromatic N) is 2. The van der Waals surface area contributed by atoms with E-state index in [1.807, 2.05) is 24.3 Å². The van der Waals surface area contributed by atoms with Crippen LogP contribution in [0.2, 0.25) is 0 Å². The molecule has 6 rings (SSSR count). The van der Waals surface area contributed by atoms with E-state index < -0.39 is 17.4 Å². The Balaban J connectivity index is 1.51. The van der Waals surface area contributed by atoms with Crippen LogP contribution in [0.25, 0.3) is 0 Å². The summed E-state index contributed by atoms with van der Waals surface area (Å²) in [6, 6.07) is 12.4. The summed E-state index contributed by atoms with van der Waals surface area (Å²) < 4.78 is 10.7. The Bertz CT molecular complexity index is 1180. The van der Waals surface area contributed by atoms with Crippen LogP contribution in [0.5, 0.6) is 11.5 Å². The molecule has 164 valence electrons. The van der Waals surface area contributed by atoms with Crippen molar-refractivity contribution < 1.29 is 23.9 Å². The molecule has 2 aromatic rings. The third kappa shape index (κ3) is 2.13. The van der Waals surface area contributed by atoms with Gasteiger partial charge in [0.1, 0.15) is 5.54 Å². The number of benzene rings is 2. The van der Waals surface area contributed by atoms with E-state index in [9.17, 15) is 14.4 Å². The number of imide groups is 1. The molecule has 4 atom stereocenters. The van der Waals surface area contributed by atoms with Crippen molar-refractivity contribution in [2.75, 3.05) is 31.0 Å². The van der Waals surface area contributed by atoms with E-state index in [0.717, 1.165) is 18.4 Å². The molecule has 1 N–H and O–H groups in total. The number of nitrogens with one attached hydrogen (secondary N) is 1. The number of methoxy groups -OCH3 is 2. The molecule has 32 heavy (non-hydrogen) atoms. The zero-order chi connectivity index (χ0) is 22.2. The summed E-state index contributed by atoms with van der Waals surface area (Å²) >= 11 is 0. The highest BCUT2D eigenvalue weighted by molar-refractivity contribution is 6.26. The highest BCUT2D eigenvalue weighted by Gasteiger charge is 2.74. The van der Waals surface area contributed by atoms with Gasteiger partial charge >= 0.3 is 0 Å². The van der Waals surface area contributed by atoms with Crippen molar-refractivity contribution in [1.82, 2.24) is 4.90 Å². The predicted molar refractivity (Wildman–Crippen MR) is 115 cm³/mol. The highest BCUT2D eigenvalue weighted by Crippen LogP contribution is 2.60. The van der Waals surface area contributed by atoms with Crippen LogP contribution in [0.4, 0.5) is 11.4 Å². The van der Waals surface area contributed by atoms with Crippen molar-refractivity contribution in [3.63, 3.8) is 0 Å². The molecule has 4 aliphatic heterocycles. The molecule has 2 aromatic carbocycles. The second-order valence-corrected chi connectivity index (χ2v) is 8.72. The van der Waals surface area contributed by atoms with Crippen molar-refractivity contribution >= 4 is 29.1 Å². The number of para-hydroxylation sites is 1. The van der Waals surface area contributed by atoms with E-state index in [0.29, 0.717) is 29.4 Å². The topological polar surface area (TPSA) is 88.2 Å². The fourth-order valence-electron chi connectivity index (χ4n) is 6.38. The molecule has 4 heterocycles. The lowest BCUT2D eigenvalue weighted by Gasteiger charge is -2.36. The number of fused-ring (bicyclic) bond motifs is 7. The monoisotopic (exact) mass is 433 g/mol. The molecule has 3 saturated heterocycles. The minimum atomic E-state index is -1.15. The number of ether oxygens (including phenoxy) is 2. The molecule has 1 spiro atoms. The van der Waals surface area contributed by atoms with Gasteiger partial charge in [0.05, 0.1) is 31.7 Å². The van der Waals surface area contributed by atoms with Crippen LogP contribution in [-0.4, -0.2) is 49.4 Å². The largest absolute Gasteiger partial charge is 0.493 e. The third-order valence-electron chi connectivity index (χ3n) is 7.53. The molecular formula is C24H23N3O5. The Morgan fingerprint density at radius 3 is 2.56 bits per heavy atom. The van der Waals surface area contributed by atoms with Gasteiger partial charge in [-0.15, -0.1) is 0 Å². The standard InChI is InChI=1S/C24H23N3O5/c1-31-17-10-9-13(12-18(17)32-2)27-21(28)19-16-8-5-11-26(16)24(20(19)22(27)29)14-6-3-4-7-15(14)25-23(24)30/h3-4,6-7,9-10,12,16,19-20H,5,8,11H2,1-2H3,(H,25,30). The number of hydrogen-bond acceptors (Lipinski definition) is 6. The Morgan fingerprint density at radius 2 is 1.78 bits per heavy atom. The number of rotatable bonds is 3. The van der Waals surface area contributed by atoms with Crippen molar-refractivity contribution in [3.8, 4) is 11.5 Å². The second-order valence-electron chi connectivity index (χ2n) is 8.72. The smallest absolute Gasteiger partial charge is 0.250 e. The van der Waals surface area contributed by atoms with Gasteiger partial charge in [0, 0.05) is 23.4 Å². The van der Waals surface area contributed by atoms with Crippen LogP contribution in [-0.2, 0) is 19.9 Å². The van der Waals surface area contributed by atoms with Crippen LogP contribution >= 0.6 is 0 Å². The first-order chi connectivity index (χ1) is 15.5. The maximum atomic E-state index is 13.9. The van der Waals surface area contributed by atoms with Gasteiger partial charge < -0.3 is 14.8 Å². The Kier molecular flexibility index (Phi) is 3.96. The lowest BCUT2D eigenvalue weighted by atomic mass is 9.75. The first-order valence-corrected chi connectivity index (χ1v) is 10.8. The molecule has 4 unspecified atom stereocenters. The van der Waals surface area contributed by atoms with Crippen LogP contribution in [0.1, 0.15) is 18.4 Å². The van der Waals surface area contributed by atoms with E-state index in [1.54, 1.807) is 18.2 Å². The van der Waals surface area contributed by atoms with Gasteiger partial charge in [-0.25, -0.2) is 4.90 Å². The first-order valence-electron chi connectivity index (χ1n) is 10.8. The maximum absolute atomic E-state index is 13.9. The van der Waals surface area contributed by atoms with E-state index in [2.05, 4.69) is 10.2 Å². The van der Waals surface area contributed by atoms with E-state index in [-0.39, 0.29) is 23.8 Å². The number of amides is 3. The molecule has 0 aromatic heterocycles. The summed E-state index contributed by atoms with van der Waals surface area (Å²) in [6.45, 7) is 0.691. The third-order valence-corrected chi connectivity index (χ3v) is 7.53. The van der Waals surface area contributed by atoms with Crippen molar-refractivity contribution in [1.29, 1.82) is 0 Å². The van der Waals surface area contributed by atoms with Crippen LogP contribution in [0.3, 0.4) is 0 Å². The fourth-order valence-corrected chi connectivity index (χ4v) is 6.38. The summed E-state index contributed by atoms with van der Waals surface area (Å²) in [5.74, 6) is -1.19. The number of hydrogen-bond donors (Lipinski definition) is 1. The average Bonchev–Trinajstić information content (AvgIpc) is 3.51. The van der Waals surface area contributed by atoms with E-state index in [4.69, 9.17) is 9.47 Å². The van der Waals surface area contributed by atoms with Gasteiger partial charge in [-0.3, -0.25) is 19.3 Å². The van der Waals surface area contributed by atoms with E-state index in [1.165, 1.54) is 19.1 Å². The van der Waals surface area contributed by atoms with Crippen molar-refractivity contribution in [3.05, 3.63) is 48.0 Å². The number of carbonyl (C=O) groups is 3. The molecule has 4 aliphatic rings. The van der Waals surface area contributed by atoms with E-state index >= 15 is 0 Å². The quantitative estimate of drug-likeness (QED) is 0.747. The first kappa shape index (κ1) is 19.3. The lowest BCUT2D eigenvalue weighted by Crippen LogP contribution is -2.54. The summed E-state index contributed by atoms with van der Waals surface area (Å²) in [6.07, 6.45) is 1.68.